The molecule has 0 aliphatic rings. The summed E-state index contributed by atoms with van der Waals surface area (Å²) in [5, 5.41) is 0.730. The molecular weight excluding hydrogens is 316 g/mol. The van der Waals surface area contributed by atoms with Gasteiger partial charge >= 0.3 is 0 Å². The van der Waals surface area contributed by atoms with Crippen molar-refractivity contribution in [2.45, 2.75) is 12.2 Å². The molecule has 0 fully saturated rings. The van der Waals surface area contributed by atoms with E-state index in [4.69, 9.17) is 16.3 Å². The summed E-state index contributed by atoms with van der Waals surface area (Å²) in [7, 11) is 0. The average Bonchev–Trinajstić information content (AvgIpc) is 2.95. The molecule has 3 nitrogen and oxygen atoms in total. The van der Waals surface area contributed by atoms with Crippen molar-refractivity contribution >= 4 is 34.4 Å². The van der Waals surface area contributed by atoms with Gasteiger partial charge in [0.1, 0.15) is 11.6 Å². The molecule has 5 heteroatoms. The van der Waals surface area contributed by atoms with Crippen LogP contribution in [-0.4, -0.2) is 22.3 Å². The van der Waals surface area contributed by atoms with E-state index in [-0.39, 0.29) is 0 Å². The van der Waals surface area contributed by atoms with E-state index in [2.05, 4.69) is 16.0 Å². The molecule has 1 heterocycles. The SMILES string of the molecule is Clc1ccc(OCCCSCc2nc3ccccc3[nH]2)cc1. The molecule has 1 N–H and O–H groups in total. The van der Waals surface area contributed by atoms with Gasteiger partial charge < -0.3 is 9.72 Å². The molecule has 0 radical (unpaired) electrons. The number of rotatable bonds is 7. The van der Waals surface area contributed by atoms with Gasteiger partial charge in [0, 0.05) is 5.02 Å². The van der Waals surface area contributed by atoms with Crippen LogP contribution >= 0.6 is 23.4 Å². The third kappa shape index (κ3) is 4.18. The van der Waals surface area contributed by atoms with Crippen molar-refractivity contribution in [2.24, 2.45) is 0 Å². The third-order valence-corrected chi connectivity index (χ3v) is 4.50. The Morgan fingerprint density at radius 2 is 1.91 bits per heavy atom. The minimum absolute atomic E-state index is 0.717. The molecule has 3 aromatic rings. The third-order valence-electron chi connectivity index (χ3n) is 3.19. The molecule has 0 saturated carbocycles. The van der Waals surface area contributed by atoms with Gasteiger partial charge in [0.25, 0.3) is 0 Å². The second kappa shape index (κ2) is 7.56. The predicted molar refractivity (Wildman–Crippen MR) is 93.8 cm³/mol. The molecular formula is C17H17ClN2OS. The number of benzene rings is 2. The van der Waals surface area contributed by atoms with Crippen LogP contribution in [0, 0.1) is 0 Å². The van der Waals surface area contributed by atoms with E-state index >= 15 is 0 Å². The summed E-state index contributed by atoms with van der Waals surface area (Å²) in [5.41, 5.74) is 2.13. The molecule has 3 rings (SSSR count). The van der Waals surface area contributed by atoms with Crippen LogP contribution in [0.1, 0.15) is 12.2 Å². The van der Waals surface area contributed by atoms with Gasteiger partial charge in [-0.05, 0) is 48.6 Å². The summed E-state index contributed by atoms with van der Waals surface area (Å²) in [5.74, 6) is 3.84. The number of imidazole rings is 1. The monoisotopic (exact) mass is 332 g/mol. The van der Waals surface area contributed by atoms with Crippen molar-refractivity contribution in [2.75, 3.05) is 12.4 Å². The number of aromatic nitrogens is 2. The maximum absolute atomic E-state index is 5.83. The normalized spacial score (nSPS) is 11.0. The summed E-state index contributed by atoms with van der Waals surface area (Å²) in [6.45, 7) is 0.717. The zero-order chi connectivity index (χ0) is 15.2. The van der Waals surface area contributed by atoms with Gasteiger partial charge in [-0.3, -0.25) is 0 Å². The predicted octanol–water partition coefficient (Wildman–Crippen LogP) is 4.92. The van der Waals surface area contributed by atoms with E-state index in [1.165, 1.54) is 0 Å². The fourth-order valence-corrected chi connectivity index (χ4v) is 3.05. The summed E-state index contributed by atoms with van der Waals surface area (Å²) in [6.07, 6.45) is 1.01. The molecule has 114 valence electrons. The van der Waals surface area contributed by atoms with E-state index in [1.54, 1.807) is 0 Å². The molecule has 0 amide bonds. The van der Waals surface area contributed by atoms with Gasteiger partial charge in [0.05, 0.1) is 23.4 Å². The number of ether oxygens (including phenoxy) is 1. The maximum atomic E-state index is 5.83. The fourth-order valence-electron chi connectivity index (χ4n) is 2.12. The first kappa shape index (κ1) is 15.3. The zero-order valence-corrected chi connectivity index (χ0v) is 13.7. The topological polar surface area (TPSA) is 37.9 Å². The highest BCUT2D eigenvalue weighted by atomic mass is 35.5. The fraction of sp³-hybridized carbons (Fsp3) is 0.235. The molecule has 0 saturated heterocycles. The van der Waals surface area contributed by atoms with E-state index in [0.717, 1.165) is 52.2 Å². The Labute approximate surface area is 139 Å². The van der Waals surface area contributed by atoms with Crippen molar-refractivity contribution in [3.05, 3.63) is 59.4 Å². The van der Waals surface area contributed by atoms with Gasteiger partial charge in [-0.2, -0.15) is 11.8 Å². The summed E-state index contributed by atoms with van der Waals surface area (Å²) in [6, 6.07) is 15.6. The number of nitrogens with zero attached hydrogens (tertiary/aromatic N) is 1. The number of thioether (sulfide) groups is 1. The number of hydrogen-bond acceptors (Lipinski definition) is 3. The first-order valence-corrected chi connectivity index (χ1v) is 8.74. The zero-order valence-electron chi connectivity index (χ0n) is 12.1. The highest BCUT2D eigenvalue weighted by Gasteiger charge is 2.02. The van der Waals surface area contributed by atoms with Crippen LogP contribution in [0.4, 0.5) is 0 Å². The molecule has 0 aliphatic heterocycles. The Hall–Kier alpha value is -1.65. The molecule has 0 bridgehead atoms. The first-order chi connectivity index (χ1) is 10.8. The largest absolute Gasteiger partial charge is 0.494 e. The highest BCUT2D eigenvalue weighted by molar-refractivity contribution is 7.98. The number of aromatic amines is 1. The Morgan fingerprint density at radius 1 is 1.09 bits per heavy atom. The van der Waals surface area contributed by atoms with Gasteiger partial charge in [-0.25, -0.2) is 4.98 Å². The average molecular weight is 333 g/mol. The summed E-state index contributed by atoms with van der Waals surface area (Å²) >= 11 is 7.70. The number of halogens is 1. The van der Waals surface area contributed by atoms with Gasteiger partial charge in [-0.15, -0.1) is 0 Å². The minimum Gasteiger partial charge on any atom is -0.494 e. The number of nitrogens with one attached hydrogen (secondary N) is 1. The lowest BCUT2D eigenvalue weighted by atomic mass is 10.3. The van der Waals surface area contributed by atoms with Crippen LogP contribution in [0.5, 0.6) is 5.75 Å². The van der Waals surface area contributed by atoms with E-state index < -0.39 is 0 Å². The number of H-pyrrole nitrogens is 1. The Bertz CT molecular complexity index is 694. The minimum atomic E-state index is 0.717. The highest BCUT2D eigenvalue weighted by Crippen LogP contribution is 2.17. The lowest BCUT2D eigenvalue weighted by Gasteiger charge is -2.05. The van der Waals surface area contributed by atoms with Crippen LogP contribution < -0.4 is 4.74 Å². The van der Waals surface area contributed by atoms with Crippen molar-refractivity contribution in [1.82, 2.24) is 9.97 Å². The lowest BCUT2D eigenvalue weighted by molar-refractivity contribution is 0.318. The number of para-hydroxylation sites is 2. The molecule has 0 unspecified atom stereocenters. The Morgan fingerprint density at radius 3 is 2.73 bits per heavy atom. The molecule has 0 atom stereocenters. The second-order valence-corrected chi connectivity index (χ2v) is 6.45. The molecule has 1 aromatic heterocycles. The molecule has 0 aliphatic carbocycles. The van der Waals surface area contributed by atoms with Gasteiger partial charge in [0.15, 0.2) is 0 Å². The van der Waals surface area contributed by atoms with E-state index in [0.29, 0.717) is 0 Å². The summed E-state index contributed by atoms with van der Waals surface area (Å²) in [4.78, 5) is 7.91. The van der Waals surface area contributed by atoms with Crippen LogP contribution in [-0.2, 0) is 5.75 Å². The number of hydrogen-bond donors (Lipinski definition) is 1. The molecule has 0 spiro atoms. The smallest absolute Gasteiger partial charge is 0.119 e. The van der Waals surface area contributed by atoms with E-state index in [1.807, 2.05) is 54.2 Å². The van der Waals surface area contributed by atoms with Crippen LogP contribution in [0.3, 0.4) is 0 Å². The Balaban J connectivity index is 1.36. The number of fused-ring (bicyclic) bond motifs is 1. The van der Waals surface area contributed by atoms with E-state index in [9.17, 15) is 0 Å². The van der Waals surface area contributed by atoms with Crippen molar-refractivity contribution in [3.63, 3.8) is 0 Å². The van der Waals surface area contributed by atoms with Crippen molar-refractivity contribution in [1.29, 1.82) is 0 Å². The quantitative estimate of drug-likeness (QED) is 0.624. The van der Waals surface area contributed by atoms with Crippen LogP contribution in [0.25, 0.3) is 11.0 Å². The maximum Gasteiger partial charge on any atom is 0.119 e. The molecule has 22 heavy (non-hydrogen) atoms. The van der Waals surface area contributed by atoms with Crippen LogP contribution in [0.2, 0.25) is 5.02 Å². The standard InChI is InChI=1S/C17H17ClN2OS/c18-13-6-8-14(9-7-13)21-10-3-11-22-12-17-19-15-4-1-2-5-16(15)20-17/h1-2,4-9H,3,10-12H2,(H,19,20). The van der Waals surface area contributed by atoms with Gasteiger partial charge in [0.2, 0.25) is 0 Å². The first-order valence-electron chi connectivity index (χ1n) is 7.21. The lowest BCUT2D eigenvalue weighted by Crippen LogP contribution is -1.98. The molecule has 2 aromatic carbocycles. The van der Waals surface area contributed by atoms with Gasteiger partial charge in [-0.1, -0.05) is 23.7 Å². The van der Waals surface area contributed by atoms with Crippen molar-refractivity contribution in [3.8, 4) is 5.75 Å². The van der Waals surface area contributed by atoms with Crippen LogP contribution in [0.15, 0.2) is 48.5 Å². The summed E-state index contributed by atoms with van der Waals surface area (Å²) < 4.78 is 5.67. The second-order valence-electron chi connectivity index (χ2n) is 4.91. The van der Waals surface area contributed by atoms with Crippen molar-refractivity contribution < 1.29 is 4.74 Å². The Kier molecular flexibility index (Phi) is 5.24.